The van der Waals surface area contributed by atoms with Crippen molar-refractivity contribution in [3.05, 3.63) is 52.8 Å². The smallest absolute Gasteiger partial charge is 0.177 e. The summed E-state index contributed by atoms with van der Waals surface area (Å²) in [5, 5.41) is 3.89. The molecule has 0 radical (unpaired) electrons. The fourth-order valence-electron chi connectivity index (χ4n) is 2.08. The van der Waals surface area contributed by atoms with Gasteiger partial charge in [-0.3, -0.25) is 4.98 Å². The Labute approximate surface area is 124 Å². The summed E-state index contributed by atoms with van der Waals surface area (Å²) in [7, 11) is 0. The molecule has 4 nitrogen and oxygen atoms in total. The van der Waals surface area contributed by atoms with Gasteiger partial charge in [0.1, 0.15) is 0 Å². The van der Waals surface area contributed by atoms with Crippen LogP contribution in [0.4, 0.5) is 5.82 Å². The molecule has 20 heavy (non-hydrogen) atoms. The second-order valence-electron chi connectivity index (χ2n) is 4.46. The first-order valence-electron chi connectivity index (χ1n) is 6.09. The maximum Gasteiger partial charge on any atom is 0.177 e. The first-order valence-corrected chi connectivity index (χ1v) is 6.88. The number of nitrogen functional groups attached to an aromatic ring is 1. The summed E-state index contributed by atoms with van der Waals surface area (Å²) in [6, 6.07) is 11.7. The van der Waals surface area contributed by atoms with Gasteiger partial charge >= 0.3 is 0 Å². The van der Waals surface area contributed by atoms with Crippen molar-refractivity contribution >= 4 is 21.7 Å². The van der Waals surface area contributed by atoms with Gasteiger partial charge < -0.3 is 10.3 Å². The zero-order valence-electron chi connectivity index (χ0n) is 10.8. The Morgan fingerprint density at radius 1 is 1.10 bits per heavy atom. The summed E-state index contributed by atoms with van der Waals surface area (Å²) in [5.74, 6) is 1.05. The Morgan fingerprint density at radius 3 is 2.55 bits per heavy atom. The lowest BCUT2D eigenvalue weighted by Gasteiger charge is -2.03. The summed E-state index contributed by atoms with van der Waals surface area (Å²) < 4.78 is 6.42. The average molecular weight is 330 g/mol. The van der Waals surface area contributed by atoms with Crippen molar-refractivity contribution in [2.75, 3.05) is 5.73 Å². The first kappa shape index (κ1) is 12.9. The Kier molecular flexibility index (Phi) is 3.28. The highest BCUT2D eigenvalue weighted by Crippen LogP contribution is 2.36. The Morgan fingerprint density at radius 2 is 1.85 bits per heavy atom. The second kappa shape index (κ2) is 5.09. The minimum Gasteiger partial charge on any atom is -0.380 e. The molecule has 0 saturated carbocycles. The summed E-state index contributed by atoms with van der Waals surface area (Å²) in [6.45, 7) is 1.93. The van der Waals surface area contributed by atoms with Crippen molar-refractivity contribution in [2.24, 2.45) is 0 Å². The van der Waals surface area contributed by atoms with Gasteiger partial charge in [-0.15, -0.1) is 0 Å². The highest BCUT2D eigenvalue weighted by atomic mass is 79.9. The maximum absolute atomic E-state index is 5.95. The normalized spacial score (nSPS) is 10.7. The number of hydrogen-bond acceptors (Lipinski definition) is 4. The molecule has 2 N–H and O–H groups in total. The molecule has 3 rings (SSSR count). The molecule has 0 atom stereocenters. The van der Waals surface area contributed by atoms with E-state index in [0.29, 0.717) is 11.6 Å². The van der Waals surface area contributed by atoms with Crippen LogP contribution in [-0.4, -0.2) is 10.1 Å². The number of pyridine rings is 1. The van der Waals surface area contributed by atoms with Gasteiger partial charge in [0.05, 0.1) is 5.56 Å². The van der Waals surface area contributed by atoms with Crippen molar-refractivity contribution in [1.82, 2.24) is 10.1 Å². The summed E-state index contributed by atoms with van der Waals surface area (Å²) in [4.78, 5) is 4.19. The third kappa shape index (κ3) is 2.32. The van der Waals surface area contributed by atoms with E-state index in [2.05, 4.69) is 26.1 Å². The lowest BCUT2D eigenvalue weighted by atomic mass is 10.0. The van der Waals surface area contributed by atoms with Gasteiger partial charge in [0.15, 0.2) is 11.6 Å². The van der Waals surface area contributed by atoms with E-state index in [1.165, 1.54) is 0 Å². The van der Waals surface area contributed by atoms with E-state index >= 15 is 0 Å². The lowest BCUT2D eigenvalue weighted by Crippen LogP contribution is -1.89. The Hall–Kier alpha value is -2.14. The van der Waals surface area contributed by atoms with E-state index in [4.69, 9.17) is 10.3 Å². The van der Waals surface area contributed by atoms with Gasteiger partial charge in [-0.1, -0.05) is 33.2 Å². The molecule has 2 aromatic heterocycles. The number of rotatable bonds is 2. The van der Waals surface area contributed by atoms with Crippen molar-refractivity contribution in [2.45, 2.75) is 6.92 Å². The summed E-state index contributed by atoms with van der Waals surface area (Å²) in [6.07, 6.45) is 1.74. The van der Waals surface area contributed by atoms with Gasteiger partial charge in [0.2, 0.25) is 0 Å². The van der Waals surface area contributed by atoms with E-state index in [9.17, 15) is 0 Å². The molecule has 100 valence electrons. The quantitative estimate of drug-likeness (QED) is 0.770. The number of nitrogens with zero attached hydrogens (tertiary/aromatic N) is 2. The fraction of sp³-hybridized carbons (Fsp3) is 0.0667. The van der Waals surface area contributed by atoms with Crippen LogP contribution in [0.3, 0.4) is 0 Å². The molecule has 0 unspecified atom stereocenters. The number of aromatic nitrogens is 2. The van der Waals surface area contributed by atoms with Crippen molar-refractivity contribution in [1.29, 1.82) is 0 Å². The van der Waals surface area contributed by atoms with Gasteiger partial charge in [0.25, 0.3) is 0 Å². The molecule has 1 aromatic carbocycles. The molecule has 0 bridgehead atoms. The standard InChI is InChI=1S/C15H12BrN3O/c1-9-8-11(6-7-18-9)14-13(15(17)19-20-14)10-2-4-12(16)5-3-10/h2-8H,1H3,(H2,17,19). The number of benzene rings is 1. The van der Waals surface area contributed by atoms with Crippen LogP contribution in [0.1, 0.15) is 5.69 Å². The molecule has 3 aromatic rings. The van der Waals surface area contributed by atoms with E-state index < -0.39 is 0 Å². The first-order chi connectivity index (χ1) is 9.65. The van der Waals surface area contributed by atoms with Crippen LogP contribution in [0.2, 0.25) is 0 Å². The molecule has 0 fully saturated rings. The van der Waals surface area contributed by atoms with Crippen LogP contribution in [0.5, 0.6) is 0 Å². The zero-order chi connectivity index (χ0) is 14.1. The molecule has 0 amide bonds. The maximum atomic E-state index is 5.95. The Bertz CT molecular complexity index is 750. The van der Waals surface area contributed by atoms with Crippen LogP contribution in [-0.2, 0) is 0 Å². The summed E-state index contributed by atoms with van der Waals surface area (Å²) >= 11 is 3.42. The van der Waals surface area contributed by atoms with Crippen molar-refractivity contribution < 1.29 is 4.52 Å². The molecule has 0 spiro atoms. The number of anilines is 1. The molecular weight excluding hydrogens is 318 g/mol. The Balaban J connectivity index is 2.17. The van der Waals surface area contributed by atoms with Gasteiger partial charge in [-0.2, -0.15) is 0 Å². The predicted octanol–water partition coefficient (Wildman–Crippen LogP) is 4.06. The lowest BCUT2D eigenvalue weighted by molar-refractivity contribution is 0.436. The molecule has 2 heterocycles. The molecule has 0 saturated heterocycles. The van der Waals surface area contributed by atoms with E-state index in [1.807, 2.05) is 43.3 Å². The number of halogens is 1. The molecule has 0 aliphatic carbocycles. The fourth-order valence-corrected chi connectivity index (χ4v) is 2.35. The number of aryl methyl sites for hydroxylation is 1. The molecule has 0 aliphatic rings. The third-order valence-electron chi connectivity index (χ3n) is 3.01. The van der Waals surface area contributed by atoms with Crippen LogP contribution < -0.4 is 5.73 Å². The van der Waals surface area contributed by atoms with Gasteiger partial charge in [0, 0.05) is 21.9 Å². The molecular formula is C15H12BrN3O. The third-order valence-corrected chi connectivity index (χ3v) is 3.54. The van der Waals surface area contributed by atoms with Crippen molar-refractivity contribution in [3.8, 4) is 22.5 Å². The minimum absolute atomic E-state index is 0.386. The van der Waals surface area contributed by atoms with Gasteiger partial charge in [-0.25, -0.2) is 0 Å². The van der Waals surface area contributed by atoms with Crippen LogP contribution in [0.25, 0.3) is 22.5 Å². The topological polar surface area (TPSA) is 64.9 Å². The molecule has 5 heteroatoms. The van der Waals surface area contributed by atoms with E-state index in [-0.39, 0.29) is 0 Å². The zero-order valence-corrected chi connectivity index (χ0v) is 12.4. The largest absolute Gasteiger partial charge is 0.380 e. The molecule has 0 aliphatic heterocycles. The SMILES string of the molecule is Cc1cc(-c2onc(N)c2-c2ccc(Br)cc2)ccn1. The second-order valence-corrected chi connectivity index (χ2v) is 5.38. The van der Waals surface area contributed by atoms with E-state index in [0.717, 1.165) is 26.9 Å². The van der Waals surface area contributed by atoms with Crippen LogP contribution >= 0.6 is 15.9 Å². The highest BCUT2D eigenvalue weighted by Gasteiger charge is 2.17. The summed E-state index contributed by atoms with van der Waals surface area (Å²) in [5.41, 5.74) is 9.56. The van der Waals surface area contributed by atoms with Gasteiger partial charge in [-0.05, 0) is 36.8 Å². The average Bonchev–Trinajstić information content (AvgIpc) is 2.82. The highest BCUT2D eigenvalue weighted by molar-refractivity contribution is 9.10. The monoisotopic (exact) mass is 329 g/mol. The number of hydrogen-bond donors (Lipinski definition) is 1. The van der Waals surface area contributed by atoms with Crippen molar-refractivity contribution in [3.63, 3.8) is 0 Å². The minimum atomic E-state index is 0.386. The number of nitrogens with two attached hydrogens (primary N) is 1. The van der Waals surface area contributed by atoms with E-state index in [1.54, 1.807) is 6.20 Å². The van der Waals surface area contributed by atoms with Crippen LogP contribution in [0, 0.1) is 6.92 Å². The van der Waals surface area contributed by atoms with Crippen LogP contribution in [0.15, 0.2) is 51.6 Å². The predicted molar refractivity (Wildman–Crippen MR) is 82.0 cm³/mol.